The van der Waals surface area contributed by atoms with Crippen LogP contribution >= 0.6 is 0 Å². The number of phenols is 1. The number of phenolic OH excluding ortho intramolecular Hbond substituents is 1. The number of fused-ring (bicyclic) bond motifs is 1. The van der Waals surface area contributed by atoms with Crippen LogP contribution < -0.4 is 10.3 Å². The number of hydrogen-bond acceptors (Lipinski definition) is 4. The smallest absolute Gasteiger partial charge is 0.259 e. The van der Waals surface area contributed by atoms with Gasteiger partial charge < -0.3 is 10.0 Å². The molecule has 2 aromatic carbocycles. The summed E-state index contributed by atoms with van der Waals surface area (Å²) in [6.07, 6.45) is 2.47. The van der Waals surface area contributed by atoms with Crippen LogP contribution in [-0.4, -0.2) is 29.8 Å². The molecule has 6 heteroatoms. The lowest BCUT2D eigenvalue weighted by molar-refractivity contribution is -0.119. The Morgan fingerprint density at radius 2 is 2.12 bits per heavy atom. The van der Waals surface area contributed by atoms with E-state index in [1.807, 2.05) is 30.0 Å². The van der Waals surface area contributed by atoms with Gasteiger partial charge in [-0.3, -0.25) is 4.79 Å². The van der Waals surface area contributed by atoms with Crippen molar-refractivity contribution in [3.8, 4) is 5.75 Å². The predicted molar refractivity (Wildman–Crippen MR) is 100 cm³/mol. The summed E-state index contributed by atoms with van der Waals surface area (Å²) in [5.74, 6) is -0.773. The SMILES string of the molecule is CC/C(=N\NC(=O)CN1CCCc2ccccc21)c1cc(F)ccc1O. The third-order valence-corrected chi connectivity index (χ3v) is 4.46. The summed E-state index contributed by atoms with van der Waals surface area (Å²) in [6, 6.07) is 11.7. The van der Waals surface area contributed by atoms with Crippen LogP contribution in [0.2, 0.25) is 0 Å². The Morgan fingerprint density at radius 1 is 1.31 bits per heavy atom. The number of nitrogens with zero attached hydrogens (tertiary/aromatic N) is 2. The minimum Gasteiger partial charge on any atom is -0.507 e. The maximum absolute atomic E-state index is 13.4. The Morgan fingerprint density at radius 3 is 2.92 bits per heavy atom. The number of hydrogen-bond donors (Lipinski definition) is 2. The van der Waals surface area contributed by atoms with Crippen molar-refractivity contribution in [1.29, 1.82) is 0 Å². The highest BCUT2D eigenvalue weighted by Gasteiger charge is 2.18. The normalized spacial score (nSPS) is 14.1. The summed E-state index contributed by atoms with van der Waals surface area (Å²) < 4.78 is 13.4. The summed E-state index contributed by atoms with van der Waals surface area (Å²) >= 11 is 0. The predicted octanol–water partition coefficient (Wildman–Crippen LogP) is 3.21. The fraction of sp³-hybridized carbons (Fsp3) is 0.300. The molecule has 0 saturated heterocycles. The lowest BCUT2D eigenvalue weighted by atomic mass is 10.0. The van der Waals surface area contributed by atoms with Crippen LogP contribution in [0.1, 0.15) is 30.9 Å². The fourth-order valence-corrected chi connectivity index (χ4v) is 3.18. The summed E-state index contributed by atoms with van der Waals surface area (Å²) in [7, 11) is 0. The van der Waals surface area contributed by atoms with Crippen LogP contribution in [0.25, 0.3) is 0 Å². The molecule has 0 aliphatic carbocycles. The first-order chi connectivity index (χ1) is 12.6. The maximum atomic E-state index is 13.4. The molecule has 1 aliphatic rings. The van der Waals surface area contributed by atoms with Crippen molar-refractivity contribution in [2.75, 3.05) is 18.0 Å². The molecule has 0 atom stereocenters. The average Bonchev–Trinajstić information content (AvgIpc) is 2.65. The van der Waals surface area contributed by atoms with Gasteiger partial charge in [-0.1, -0.05) is 25.1 Å². The Labute approximate surface area is 152 Å². The van der Waals surface area contributed by atoms with Crippen molar-refractivity contribution >= 4 is 17.3 Å². The summed E-state index contributed by atoms with van der Waals surface area (Å²) in [4.78, 5) is 14.4. The molecular formula is C20H22FN3O2. The number of carbonyl (C=O) groups is 1. The van der Waals surface area contributed by atoms with E-state index in [2.05, 4.69) is 16.6 Å². The molecule has 0 aromatic heterocycles. The molecule has 3 rings (SSSR count). The molecule has 26 heavy (non-hydrogen) atoms. The monoisotopic (exact) mass is 355 g/mol. The second-order valence-corrected chi connectivity index (χ2v) is 6.26. The third-order valence-electron chi connectivity index (χ3n) is 4.46. The second kappa shape index (κ2) is 7.99. The van der Waals surface area contributed by atoms with E-state index in [1.165, 1.54) is 23.8 Å². The summed E-state index contributed by atoms with van der Waals surface area (Å²) in [5, 5.41) is 14.0. The number of benzene rings is 2. The Hall–Kier alpha value is -2.89. The number of carbonyl (C=O) groups excluding carboxylic acids is 1. The van der Waals surface area contributed by atoms with E-state index < -0.39 is 5.82 Å². The van der Waals surface area contributed by atoms with Gasteiger partial charge in [0.25, 0.3) is 5.91 Å². The first kappa shape index (κ1) is 17.9. The number of anilines is 1. The first-order valence-corrected chi connectivity index (χ1v) is 8.75. The second-order valence-electron chi connectivity index (χ2n) is 6.26. The number of rotatable bonds is 5. The lowest BCUT2D eigenvalue weighted by Crippen LogP contribution is -2.38. The molecule has 0 bridgehead atoms. The van der Waals surface area contributed by atoms with E-state index >= 15 is 0 Å². The Bertz CT molecular complexity index is 836. The quantitative estimate of drug-likeness (QED) is 0.639. The number of aryl methyl sites for hydroxylation is 1. The van der Waals surface area contributed by atoms with Gasteiger partial charge in [-0.05, 0) is 49.1 Å². The van der Waals surface area contributed by atoms with Gasteiger partial charge in [0.05, 0.1) is 12.3 Å². The molecular weight excluding hydrogens is 333 g/mol. The molecule has 136 valence electrons. The van der Waals surface area contributed by atoms with Crippen molar-refractivity contribution in [1.82, 2.24) is 5.43 Å². The van der Waals surface area contributed by atoms with E-state index in [-0.39, 0.29) is 23.8 Å². The van der Waals surface area contributed by atoms with Gasteiger partial charge in [0.2, 0.25) is 0 Å². The molecule has 2 N–H and O–H groups in total. The van der Waals surface area contributed by atoms with E-state index in [9.17, 15) is 14.3 Å². The zero-order valence-electron chi connectivity index (χ0n) is 14.7. The zero-order chi connectivity index (χ0) is 18.5. The van der Waals surface area contributed by atoms with Gasteiger partial charge in [0.15, 0.2) is 0 Å². The van der Waals surface area contributed by atoms with Crippen molar-refractivity contribution in [3.63, 3.8) is 0 Å². The van der Waals surface area contributed by atoms with E-state index in [1.54, 1.807) is 0 Å². The molecule has 0 saturated carbocycles. The van der Waals surface area contributed by atoms with Crippen molar-refractivity contribution in [2.45, 2.75) is 26.2 Å². The van der Waals surface area contributed by atoms with Crippen LogP contribution in [0.4, 0.5) is 10.1 Å². The maximum Gasteiger partial charge on any atom is 0.259 e. The highest BCUT2D eigenvalue weighted by atomic mass is 19.1. The van der Waals surface area contributed by atoms with Gasteiger partial charge in [0.1, 0.15) is 11.6 Å². The minimum absolute atomic E-state index is 0.0637. The van der Waals surface area contributed by atoms with Crippen LogP contribution in [0.3, 0.4) is 0 Å². The molecule has 1 heterocycles. The first-order valence-electron chi connectivity index (χ1n) is 8.75. The van der Waals surface area contributed by atoms with E-state index in [4.69, 9.17) is 0 Å². The number of amides is 1. The lowest BCUT2D eigenvalue weighted by Gasteiger charge is -2.30. The van der Waals surface area contributed by atoms with Gasteiger partial charge in [-0.25, -0.2) is 9.82 Å². The third kappa shape index (κ3) is 4.02. The molecule has 1 aliphatic heterocycles. The highest BCUT2D eigenvalue weighted by molar-refractivity contribution is 6.03. The van der Waals surface area contributed by atoms with Crippen LogP contribution in [0, 0.1) is 5.82 Å². The van der Waals surface area contributed by atoms with Crippen molar-refractivity contribution in [2.24, 2.45) is 5.10 Å². The van der Waals surface area contributed by atoms with Gasteiger partial charge in [-0.15, -0.1) is 0 Å². The number of hydrazone groups is 1. The van der Waals surface area contributed by atoms with Crippen LogP contribution in [0.5, 0.6) is 5.75 Å². The fourth-order valence-electron chi connectivity index (χ4n) is 3.18. The molecule has 0 fully saturated rings. The topological polar surface area (TPSA) is 64.9 Å². The minimum atomic E-state index is -0.463. The summed E-state index contributed by atoms with van der Waals surface area (Å²) in [5.41, 5.74) is 5.57. The van der Waals surface area contributed by atoms with Crippen LogP contribution in [0.15, 0.2) is 47.6 Å². The number of para-hydroxylation sites is 1. The molecule has 0 radical (unpaired) electrons. The molecule has 2 aromatic rings. The largest absolute Gasteiger partial charge is 0.507 e. The van der Waals surface area contributed by atoms with E-state index in [0.717, 1.165) is 25.1 Å². The summed E-state index contributed by atoms with van der Waals surface area (Å²) in [6.45, 7) is 2.85. The number of halogens is 1. The van der Waals surface area contributed by atoms with Gasteiger partial charge in [-0.2, -0.15) is 5.10 Å². The molecule has 1 amide bonds. The Balaban J connectivity index is 1.70. The highest BCUT2D eigenvalue weighted by Crippen LogP contribution is 2.26. The average molecular weight is 355 g/mol. The Kier molecular flexibility index (Phi) is 5.51. The van der Waals surface area contributed by atoms with Crippen LogP contribution in [-0.2, 0) is 11.2 Å². The molecule has 0 unspecified atom stereocenters. The number of nitrogens with one attached hydrogen (secondary N) is 1. The molecule has 0 spiro atoms. The van der Waals surface area contributed by atoms with Crippen molar-refractivity contribution < 1.29 is 14.3 Å². The van der Waals surface area contributed by atoms with E-state index in [0.29, 0.717) is 12.1 Å². The van der Waals surface area contributed by atoms with Gasteiger partial charge >= 0.3 is 0 Å². The molecule has 5 nitrogen and oxygen atoms in total. The zero-order valence-corrected chi connectivity index (χ0v) is 14.7. The van der Waals surface area contributed by atoms with Gasteiger partial charge in [0, 0.05) is 17.8 Å². The number of aromatic hydroxyl groups is 1. The standard InChI is InChI=1S/C20H22FN3O2/c1-2-17(16-12-15(21)9-10-19(16)25)22-23-20(26)13-24-11-5-7-14-6-3-4-8-18(14)24/h3-4,6,8-10,12,25H,2,5,7,11,13H2,1H3,(H,23,26)/b22-17+. The van der Waals surface area contributed by atoms with Crippen molar-refractivity contribution in [3.05, 3.63) is 59.4 Å².